The number of carbonyl (C=O) groups excluding carboxylic acids is 1. The number of aromatic amines is 1. The molecule has 1 aliphatic carbocycles. The molecule has 0 bridgehead atoms. The molecule has 11 heavy (non-hydrogen) atoms. The molecule has 4 heteroatoms. The first-order valence-electron chi connectivity index (χ1n) is 3.20. The molecule has 1 aromatic heterocycles. The van der Waals surface area contributed by atoms with E-state index >= 15 is 0 Å². The van der Waals surface area contributed by atoms with Crippen molar-refractivity contribution in [2.75, 3.05) is 0 Å². The van der Waals surface area contributed by atoms with Crippen molar-refractivity contribution in [2.24, 2.45) is 0 Å². The van der Waals surface area contributed by atoms with E-state index in [1.807, 2.05) is 12.2 Å². The van der Waals surface area contributed by atoms with Crippen molar-refractivity contribution in [2.45, 2.75) is 6.42 Å². The molecule has 2 rings (SSSR count). The molecule has 0 spiro atoms. The van der Waals surface area contributed by atoms with E-state index in [0.717, 1.165) is 4.44 Å². The van der Waals surface area contributed by atoms with Gasteiger partial charge < -0.3 is 0 Å². The number of Topliss-reactive ketones (excluding diaryl/α,β-unsaturated/α-hetero) is 1. The van der Waals surface area contributed by atoms with Crippen LogP contribution in [0.25, 0.3) is 6.08 Å². The molecule has 56 valence electrons. The topological polar surface area (TPSA) is 49.9 Å². The Morgan fingerprint density at radius 2 is 2.27 bits per heavy atom. The zero-order valence-corrected chi connectivity index (χ0v) is 7.30. The fourth-order valence-corrected chi connectivity index (χ4v) is 2.70. The van der Waals surface area contributed by atoms with Crippen molar-refractivity contribution >= 4 is 26.6 Å². The molecule has 0 aliphatic heterocycles. The standard InChI is InChI=1S/C7H5NO2Se/c9-4-2-1-3-5-6(4)7(10)8-11-5/h1,3H,2H2,(H,8,10). The van der Waals surface area contributed by atoms with Crippen LogP contribution in [0.3, 0.4) is 0 Å². The van der Waals surface area contributed by atoms with E-state index in [-0.39, 0.29) is 26.1 Å². The molecule has 3 nitrogen and oxygen atoms in total. The van der Waals surface area contributed by atoms with E-state index in [1.54, 1.807) is 0 Å². The van der Waals surface area contributed by atoms with Crippen LogP contribution in [-0.2, 0) is 0 Å². The molecule has 0 atom stereocenters. The predicted octanol–water partition coefficient (Wildman–Crippen LogP) is 0.0315. The second-order valence-corrected chi connectivity index (χ2v) is 4.08. The van der Waals surface area contributed by atoms with Gasteiger partial charge in [0.15, 0.2) is 0 Å². The van der Waals surface area contributed by atoms with Crippen LogP contribution in [-0.4, -0.2) is 24.5 Å². The number of nitrogens with one attached hydrogen (secondary N) is 1. The number of ketones is 1. The number of carbonyl (C=O) groups is 1. The summed E-state index contributed by atoms with van der Waals surface area (Å²) in [6.07, 6.45) is 4.06. The maximum absolute atomic E-state index is 11.1. The van der Waals surface area contributed by atoms with Gasteiger partial charge in [0.2, 0.25) is 0 Å². The number of allylic oxidation sites excluding steroid dienone is 1. The van der Waals surface area contributed by atoms with Crippen LogP contribution in [0.5, 0.6) is 0 Å². The molecular formula is C7H5NO2Se. The average molecular weight is 214 g/mol. The number of fused-ring (bicyclic) bond motifs is 1. The molecule has 0 saturated heterocycles. The number of aromatic nitrogens is 1. The van der Waals surface area contributed by atoms with Gasteiger partial charge in [0.25, 0.3) is 0 Å². The number of hydrogen-bond acceptors (Lipinski definition) is 2. The van der Waals surface area contributed by atoms with Crippen molar-refractivity contribution in [1.82, 2.24) is 3.98 Å². The molecule has 0 amide bonds. The Balaban J connectivity index is 2.77. The van der Waals surface area contributed by atoms with Gasteiger partial charge in [-0.25, -0.2) is 0 Å². The Morgan fingerprint density at radius 1 is 1.45 bits per heavy atom. The van der Waals surface area contributed by atoms with Crippen LogP contribution in [0.4, 0.5) is 0 Å². The van der Waals surface area contributed by atoms with Gasteiger partial charge >= 0.3 is 68.2 Å². The van der Waals surface area contributed by atoms with E-state index in [0.29, 0.717) is 12.0 Å². The Hall–Kier alpha value is -0.861. The monoisotopic (exact) mass is 215 g/mol. The van der Waals surface area contributed by atoms with E-state index in [4.69, 9.17) is 0 Å². The Bertz CT molecular complexity index is 385. The quantitative estimate of drug-likeness (QED) is 0.619. The molecule has 1 aromatic rings. The Labute approximate surface area is 68.7 Å². The molecule has 1 heterocycles. The number of hydrogen-bond donors (Lipinski definition) is 1. The first-order chi connectivity index (χ1) is 5.29. The molecule has 0 radical (unpaired) electrons. The van der Waals surface area contributed by atoms with Gasteiger partial charge in [-0.05, 0) is 0 Å². The van der Waals surface area contributed by atoms with Gasteiger partial charge in [-0.15, -0.1) is 0 Å². The van der Waals surface area contributed by atoms with Crippen molar-refractivity contribution in [1.29, 1.82) is 0 Å². The van der Waals surface area contributed by atoms with Gasteiger partial charge in [0.05, 0.1) is 0 Å². The fraction of sp³-hybridized carbons (Fsp3) is 0.143. The summed E-state index contributed by atoms with van der Waals surface area (Å²) < 4.78 is 3.57. The summed E-state index contributed by atoms with van der Waals surface area (Å²) in [7, 11) is 0. The summed E-state index contributed by atoms with van der Waals surface area (Å²) in [5.74, 6) is -0.0422. The van der Waals surface area contributed by atoms with Gasteiger partial charge in [0.1, 0.15) is 0 Å². The summed E-state index contributed by atoms with van der Waals surface area (Å²) in [4.78, 5) is 22.1. The SMILES string of the molecule is O=C1CC=Cc2[se][nH]c(=O)c21. The summed E-state index contributed by atoms with van der Waals surface area (Å²) in [5, 5.41) is 0. The minimum atomic E-state index is -0.186. The maximum atomic E-state index is 11.1. The van der Waals surface area contributed by atoms with Gasteiger partial charge in [-0.3, -0.25) is 0 Å². The van der Waals surface area contributed by atoms with E-state index in [2.05, 4.69) is 3.98 Å². The summed E-state index contributed by atoms with van der Waals surface area (Å²) in [6, 6.07) is 0. The normalized spacial score (nSPS) is 15.1. The summed E-state index contributed by atoms with van der Waals surface area (Å²) >= 11 is -0.0149. The Kier molecular flexibility index (Phi) is 1.44. The zero-order valence-electron chi connectivity index (χ0n) is 5.59. The third-order valence-electron chi connectivity index (χ3n) is 1.58. The minimum absolute atomic E-state index is 0.0149. The van der Waals surface area contributed by atoms with Crippen molar-refractivity contribution in [3.05, 3.63) is 26.4 Å². The van der Waals surface area contributed by atoms with Gasteiger partial charge in [-0.1, -0.05) is 0 Å². The van der Waals surface area contributed by atoms with E-state index < -0.39 is 0 Å². The molecule has 1 N–H and O–H groups in total. The van der Waals surface area contributed by atoms with Crippen LogP contribution in [0.1, 0.15) is 21.2 Å². The third kappa shape index (κ3) is 0.950. The summed E-state index contributed by atoms with van der Waals surface area (Å²) in [5.41, 5.74) is 0.210. The second-order valence-electron chi connectivity index (χ2n) is 2.30. The molecule has 0 saturated carbocycles. The fourth-order valence-electron chi connectivity index (χ4n) is 1.07. The first-order valence-corrected chi connectivity index (χ1v) is 4.91. The molecule has 0 unspecified atom stereocenters. The molecule has 1 aliphatic rings. The molecule has 0 fully saturated rings. The zero-order chi connectivity index (χ0) is 7.84. The van der Waals surface area contributed by atoms with Gasteiger partial charge in [0, 0.05) is 0 Å². The van der Waals surface area contributed by atoms with Crippen LogP contribution < -0.4 is 5.56 Å². The first kappa shape index (κ1) is 6.83. The van der Waals surface area contributed by atoms with Crippen LogP contribution in [0, 0.1) is 0 Å². The summed E-state index contributed by atoms with van der Waals surface area (Å²) in [6.45, 7) is 0. The van der Waals surface area contributed by atoms with E-state index in [1.165, 1.54) is 0 Å². The van der Waals surface area contributed by atoms with E-state index in [9.17, 15) is 9.59 Å². The van der Waals surface area contributed by atoms with Gasteiger partial charge in [-0.2, -0.15) is 0 Å². The molecular weight excluding hydrogens is 209 g/mol. The third-order valence-corrected chi connectivity index (χ3v) is 3.36. The van der Waals surface area contributed by atoms with Crippen LogP contribution in [0.15, 0.2) is 10.9 Å². The van der Waals surface area contributed by atoms with Crippen molar-refractivity contribution in [3.63, 3.8) is 0 Å². The number of H-pyrrole nitrogens is 1. The second kappa shape index (κ2) is 2.32. The molecule has 0 aromatic carbocycles. The number of rotatable bonds is 0. The van der Waals surface area contributed by atoms with Crippen LogP contribution >= 0.6 is 0 Å². The average Bonchev–Trinajstić information content (AvgIpc) is 2.34. The van der Waals surface area contributed by atoms with Crippen molar-refractivity contribution in [3.8, 4) is 0 Å². The Morgan fingerprint density at radius 3 is 3.00 bits per heavy atom. The van der Waals surface area contributed by atoms with Crippen molar-refractivity contribution < 1.29 is 4.79 Å². The predicted molar refractivity (Wildman–Crippen MR) is 42.0 cm³/mol. The van der Waals surface area contributed by atoms with Crippen LogP contribution in [0.2, 0.25) is 0 Å².